The molecule has 1 aromatic heterocycles. The molecule has 0 unspecified atom stereocenters. The smallest absolute Gasteiger partial charge is 0.478 e. The molecule has 102 valence electrons. The molecule has 3 nitrogen and oxygen atoms in total. The molecule has 1 aromatic rings. The topological polar surface area (TPSA) is 27.1 Å². The van der Waals surface area contributed by atoms with Crippen LogP contribution < -0.4 is 9.47 Å². The van der Waals surface area contributed by atoms with Crippen molar-refractivity contribution in [1.29, 1.82) is 0 Å². The molecule has 0 aliphatic rings. The number of hydrogen-bond donors (Lipinski definition) is 1. The third-order valence-corrected chi connectivity index (χ3v) is 2.06. The van der Waals surface area contributed by atoms with Crippen LogP contribution in [0.5, 0.6) is 0 Å². The molecular formula is C9H16B2F4N2O. The molecule has 0 aliphatic carbocycles. The van der Waals surface area contributed by atoms with Crippen LogP contribution in [0.2, 0.25) is 0 Å². The van der Waals surface area contributed by atoms with Gasteiger partial charge in [-0.15, -0.1) is 0 Å². The minimum atomic E-state index is -6.00. The molecule has 0 saturated heterocycles. The largest absolute Gasteiger partial charge is 0.673 e. The molecule has 0 bridgehead atoms. The van der Waals surface area contributed by atoms with Crippen LogP contribution in [-0.2, 0) is 4.74 Å². The van der Waals surface area contributed by atoms with E-state index in [0.29, 0.717) is 0 Å². The van der Waals surface area contributed by atoms with E-state index in [1.165, 1.54) is 0 Å². The van der Waals surface area contributed by atoms with E-state index in [2.05, 4.69) is 28.8 Å². The summed E-state index contributed by atoms with van der Waals surface area (Å²) < 4.78 is 46.4. The van der Waals surface area contributed by atoms with Crippen LogP contribution in [0.4, 0.5) is 17.3 Å². The van der Waals surface area contributed by atoms with Crippen LogP contribution in [-0.4, -0.2) is 34.1 Å². The van der Waals surface area contributed by atoms with Gasteiger partial charge in [0.05, 0.1) is 7.11 Å². The van der Waals surface area contributed by atoms with Crippen molar-refractivity contribution in [2.75, 3.05) is 13.7 Å². The van der Waals surface area contributed by atoms with Gasteiger partial charge in [-0.3, -0.25) is 0 Å². The zero-order valence-electron chi connectivity index (χ0n) is 10.5. The lowest BCUT2D eigenvalue weighted by Gasteiger charge is -2.02. The van der Waals surface area contributed by atoms with E-state index < -0.39 is 7.25 Å². The summed E-state index contributed by atoms with van der Waals surface area (Å²) in [6, 6.07) is 6.08. The molecule has 9 heteroatoms. The second-order valence-electron chi connectivity index (χ2n) is 3.55. The third-order valence-electron chi connectivity index (χ3n) is 2.06. The predicted molar refractivity (Wildman–Crippen MR) is 64.3 cm³/mol. The zero-order valence-corrected chi connectivity index (χ0v) is 10.5. The van der Waals surface area contributed by atoms with Gasteiger partial charge in [-0.25, -0.2) is 4.99 Å². The van der Waals surface area contributed by atoms with Gasteiger partial charge in [0.2, 0.25) is 5.80 Å². The summed E-state index contributed by atoms with van der Waals surface area (Å²) in [6.45, 7) is 2.99. The molecule has 1 heterocycles. The molecule has 0 aliphatic heterocycles. The third kappa shape index (κ3) is 11.0. The summed E-state index contributed by atoms with van der Waals surface area (Å²) in [6.07, 6.45) is 4.13. The molecule has 0 atom stereocenters. The highest BCUT2D eigenvalue weighted by atomic mass is 19.5. The van der Waals surface area contributed by atoms with E-state index in [0.717, 1.165) is 12.3 Å². The number of halogens is 4. The summed E-state index contributed by atoms with van der Waals surface area (Å²) in [7, 11) is -4.67. The van der Waals surface area contributed by atoms with Crippen LogP contribution in [0, 0.1) is 0 Å². The molecule has 0 saturated carbocycles. The number of ether oxygens (including phenoxy) is 1. The second-order valence-corrected chi connectivity index (χ2v) is 3.55. The van der Waals surface area contributed by atoms with Gasteiger partial charge in [-0.1, -0.05) is 6.07 Å². The van der Waals surface area contributed by atoms with Gasteiger partial charge in [0.15, 0.2) is 0 Å². The van der Waals surface area contributed by atoms with E-state index in [-0.39, 0.29) is 7.41 Å². The molecule has 1 N–H and O–H groups in total. The molecule has 1 rings (SSSR count). The molecule has 0 fully saturated rings. The highest BCUT2D eigenvalue weighted by Crippen LogP contribution is 2.06. The van der Waals surface area contributed by atoms with E-state index in [4.69, 9.17) is 4.74 Å². The van der Waals surface area contributed by atoms with Crippen LogP contribution >= 0.6 is 0 Å². The maximum atomic E-state index is 9.75. The lowest BCUT2D eigenvalue weighted by Crippen LogP contribution is -2.76. The quantitative estimate of drug-likeness (QED) is 0.333. The predicted octanol–water partition coefficient (Wildman–Crippen LogP) is -0.691. The molecule has 0 radical (unpaired) electrons. The highest BCUT2D eigenvalue weighted by Gasteiger charge is 2.20. The number of pyridine rings is 1. The Kier molecular flexibility index (Phi) is 7.82. The Morgan fingerprint density at radius 1 is 1.22 bits per heavy atom. The monoisotopic (exact) mass is 266 g/mol. The first kappa shape index (κ1) is 16.5. The Labute approximate surface area is 104 Å². The van der Waals surface area contributed by atoms with E-state index in [1.54, 1.807) is 7.11 Å². The molecule has 18 heavy (non-hydrogen) atoms. The number of rotatable bonds is 3. The number of hydrogen-bond acceptors (Lipinski definition) is 1. The molecule has 0 spiro atoms. The fourth-order valence-corrected chi connectivity index (χ4v) is 1.36. The van der Waals surface area contributed by atoms with Crippen molar-refractivity contribution >= 4 is 20.5 Å². The van der Waals surface area contributed by atoms with Crippen molar-refractivity contribution in [3.63, 3.8) is 0 Å². The first-order chi connectivity index (χ1) is 8.36. The Morgan fingerprint density at radius 2 is 1.72 bits per heavy atom. The number of aromatic nitrogens is 1. The second kappa shape index (κ2) is 8.54. The minimum absolute atomic E-state index is 0.382. The van der Waals surface area contributed by atoms with Crippen LogP contribution in [0.1, 0.15) is 6.92 Å². The fraction of sp³-hybridized carbons (Fsp3) is 0.333. The Balaban J connectivity index is 0.000000494. The number of nitrogens with one attached hydrogen (secondary N) is 1. The molecular weight excluding hydrogens is 250 g/mol. The van der Waals surface area contributed by atoms with Crippen molar-refractivity contribution in [2.24, 2.45) is 0 Å². The average molecular weight is 266 g/mol. The van der Waals surface area contributed by atoms with Gasteiger partial charge in [0.1, 0.15) is 18.9 Å². The standard InChI is InChI=1S/C9H15BN2O.BF4/c1-3-11-9(13-2)10-12-7-5-4-6-8-12;2-1(3,4)5/h4-8H,3,10H2,1-2H3;/q;-1/p+1. The molecule has 0 aromatic carbocycles. The van der Waals surface area contributed by atoms with Gasteiger partial charge in [0, 0.05) is 0 Å². The van der Waals surface area contributed by atoms with Gasteiger partial charge < -0.3 is 26.5 Å². The highest BCUT2D eigenvalue weighted by molar-refractivity contribution is 6.65. The lowest BCUT2D eigenvalue weighted by atomic mass is 9.93. The van der Waals surface area contributed by atoms with Gasteiger partial charge >= 0.3 is 14.7 Å². The lowest BCUT2D eigenvalue weighted by molar-refractivity contribution is -0.532. The van der Waals surface area contributed by atoms with Gasteiger partial charge in [-0.05, 0) is 19.1 Å². The van der Waals surface area contributed by atoms with Crippen LogP contribution in [0.3, 0.4) is 0 Å². The average Bonchev–Trinajstić information content (AvgIpc) is 2.27. The number of nitrogens with zero attached hydrogens (tertiary/aromatic N) is 1. The summed E-state index contributed by atoms with van der Waals surface area (Å²) in [5.41, 5.74) is 0. The zero-order chi connectivity index (χ0) is 14.0. The van der Waals surface area contributed by atoms with E-state index >= 15 is 0 Å². The summed E-state index contributed by atoms with van der Waals surface area (Å²) in [5, 5.41) is 0. The van der Waals surface area contributed by atoms with Crippen LogP contribution in [0.15, 0.2) is 30.6 Å². The SMILES string of the molecule is CC[NH+]=C([BH2-][n+]1ccccc1)OC.F[B-](F)(F)F. The molecule has 0 amide bonds. The van der Waals surface area contributed by atoms with Crippen LogP contribution in [0.25, 0.3) is 0 Å². The Hall–Kier alpha value is -1.53. The van der Waals surface area contributed by atoms with Crippen molar-refractivity contribution in [3.05, 3.63) is 30.6 Å². The van der Waals surface area contributed by atoms with E-state index in [1.807, 2.05) is 18.2 Å². The number of methoxy groups -OCH3 is 1. The first-order valence-electron chi connectivity index (χ1n) is 5.59. The summed E-state index contributed by atoms with van der Waals surface area (Å²) in [4.78, 5) is 3.21. The summed E-state index contributed by atoms with van der Waals surface area (Å²) >= 11 is 0. The van der Waals surface area contributed by atoms with Crippen molar-refractivity contribution < 1.29 is 31.5 Å². The van der Waals surface area contributed by atoms with Gasteiger partial charge in [-0.2, -0.15) is 0 Å². The maximum absolute atomic E-state index is 9.75. The Bertz CT molecular complexity index is 353. The van der Waals surface area contributed by atoms with E-state index in [9.17, 15) is 17.3 Å². The van der Waals surface area contributed by atoms with Gasteiger partial charge in [0.25, 0.3) is 0 Å². The summed E-state index contributed by atoms with van der Waals surface area (Å²) in [5.74, 6) is 1.01. The maximum Gasteiger partial charge on any atom is 0.673 e. The normalized spacial score (nSPS) is 11.6. The van der Waals surface area contributed by atoms with Crippen molar-refractivity contribution in [1.82, 2.24) is 0 Å². The van der Waals surface area contributed by atoms with Crippen molar-refractivity contribution in [3.8, 4) is 0 Å². The fourth-order valence-electron chi connectivity index (χ4n) is 1.36. The van der Waals surface area contributed by atoms with Crippen molar-refractivity contribution in [2.45, 2.75) is 6.92 Å². The Morgan fingerprint density at radius 3 is 2.11 bits per heavy atom. The minimum Gasteiger partial charge on any atom is -0.478 e. The first-order valence-corrected chi connectivity index (χ1v) is 5.59.